The van der Waals surface area contributed by atoms with E-state index in [2.05, 4.69) is 19.9 Å². The summed E-state index contributed by atoms with van der Waals surface area (Å²) in [5, 5.41) is 10.0. The SMILES string of the molecule is C[C@]12CC[C@H](O)C[C@@H]1CC[C@@H]1[C@@H]2CC[C@]2(C)C(=O)C=C[C@@H]12. The number of rotatable bonds is 0. The predicted octanol–water partition coefficient (Wildman–Crippen LogP) is 3.74. The van der Waals surface area contributed by atoms with Crippen LogP contribution in [-0.4, -0.2) is 17.0 Å². The van der Waals surface area contributed by atoms with Crippen LogP contribution in [0, 0.1) is 34.5 Å². The Bertz CT molecular complexity index is 496. The summed E-state index contributed by atoms with van der Waals surface area (Å²) in [6, 6.07) is 0. The number of allylic oxidation sites excluding steroid dienone is 2. The fourth-order valence-corrected chi connectivity index (χ4v) is 6.51. The topological polar surface area (TPSA) is 37.3 Å². The molecule has 116 valence electrons. The first-order valence-electron chi connectivity index (χ1n) is 8.86. The summed E-state index contributed by atoms with van der Waals surface area (Å²) in [5.41, 5.74) is 0.307. The molecule has 1 N–H and O–H groups in total. The third kappa shape index (κ3) is 1.78. The van der Waals surface area contributed by atoms with Crippen molar-refractivity contribution in [2.75, 3.05) is 0 Å². The third-order valence-corrected chi connectivity index (χ3v) is 7.91. The van der Waals surface area contributed by atoms with Crippen molar-refractivity contribution >= 4 is 5.78 Å². The molecule has 21 heavy (non-hydrogen) atoms. The zero-order chi connectivity index (χ0) is 14.8. The lowest BCUT2D eigenvalue weighted by Crippen LogP contribution is -2.54. The summed E-state index contributed by atoms with van der Waals surface area (Å²) in [5.74, 6) is 3.01. The molecule has 3 saturated carbocycles. The highest BCUT2D eigenvalue weighted by Crippen LogP contribution is 2.64. The largest absolute Gasteiger partial charge is 0.393 e. The molecule has 4 aliphatic carbocycles. The van der Waals surface area contributed by atoms with Gasteiger partial charge in [-0.2, -0.15) is 0 Å². The van der Waals surface area contributed by atoms with E-state index in [1.54, 1.807) is 0 Å². The standard InChI is InChI=1S/C19H28O2/c1-18-9-7-13(20)11-12(18)3-4-14-15-5-6-17(21)19(15,2)10-8-16(14)18/h5-6,12-16,20H,3-4,7-11H2,1-2H3/t12-,13-,14-,15-,16-,18-,19-/m0/s1. The maximum absolute atomic E-state index is 12.3. The van der Waals surface area contributed by atoms with Gasteiger partial charge in [0.05, 0.1) is 6.10 Å². The quantitative estimate of drug-likeness (QED) is 0.737. The van der Waals surface area contributed by atoms with Gasteiger partial charge < -0.3 is 5.11 Å². The van der Waals surface area contributed by atoms with Crippen molar-refractivity contribution in [1.29, 1.82) is 0 Å². The molecule has 0 bridgehead atoms. The monoisotopic (exact) mass is 288 g/mol. The van der Waals surface area contributed by atoms with Gasteiger partial charge in [-0.25, -0.2) is 0 Å². The lowest BCUT2D eigenvalue weighted by Gasteiger charge is -2.59. The van der Waals surface area contributed by atoms with Crippen molar-refractivity contribution in [3.63, 3.8) is 0 Å². The summed E-state index contributed by atoms with van der Waals surface area (Å²) in [7, 11) is 0. The lowest BCUT2D eigenvalue weighted by molar-refractivity contribution is -0.139. The highest BCUT2D eigenvalue weighted by Gasteiger charge is 2.58. The summed E-state index contributed by atoms with van der Waals surface area (Å²) in [6.45, 7) is 4.69. The van der Waals surface area contributed by atoms with Gasteiger partial charge in [-0.3, -0.25) is 4.79 Å². The van der Waals surface area contributed by atoms with E-state index in [9.17, 15) is 9.90 Å². The van der Waals surface area contributed by atoms with Crippen molar-refractivity contribution in [1.82, 2.24) is 0 Å². The first-order chi connectivity index (χ1) is 9.95. The number of hydrogen-bond donors (Lipinski definition) is 1. The molecule has 0 spiro atoms. The zero-order valence-corrected chi connectivity index (χ0v) is 13.3. The van der Waals surface area contributed by atoms with Crippen LogP contribution < -0.4 is 0 Å². The van der Waals surface area contributed by atoms with Crippen molar-refractivity contribution in [2.24, 2.45) is 34.5 Å². The van der Waals surface area contributed by atoms with Crippen LogP contribution in [0.4, 0.5) is 0 Å². The van der Waals surface area contributed by atoms with Crippen molar-refractivity contribution in [2.45, 2.75) is 64.9 Å². The maximum atomic E-state index is 12.3. The Labute approximate surface area is 128 Å². The molecule has 0 aromatic carbocycles. The summed E-state index contributed by atoms with van der Waals surface area (Å²) < 4.78 is 0. The van der Waals surface area contributed by atoms with Crippen molar-refractivity contribution in [3.8, 4) is 0 Å². The van der Waals surface area contributed by atoms with Gasteiger partial charge in [0, 0.05) is 5.41 Å². The molecule has 0 unspecified atom stereocenters. The number of hydrogen-bond acceptors (Lipinski definition) is 2. The van der Waals surface area contributed by atoms with Gasteiger partial charge in [0.25, 0.3) is 0 Å². The Kier molecular flexibility index (Phi) is 2.96. The van der Waals surface area contributed by atoms with Crippen LogP contribution in [0.5, 0.6) is 0 Å². The molecule has 0 amide bonds. The smallest absolute Gasteiger partial charge is 0.161 e. The molecule has 3 fully saturated rings. The molecular formula is C19H28O2. The van der Waals surface area contributed by atoms with Crippen LogP contribution in [0.2, 0.25) is 0 Å². The van der Waals surface area contributed by atoms with Gasteiger partial charge in [-0.15, -0.1) is 0 Å². The van der Waals surface area contributed by atoms with Crippen LogP contribution in [0.3, 0.4) is 0 Å². The van der Waals surface area contributed by atoms with E-state index >= 15 is 0 Å². The fourth-order valence-electron chi connectivity index (χ4n) is 6.51. The van der Waals surface area contributed by atoms with E-state index in [-0.39, 0.29) is 11.5 Å². The van der Waals surface area contributed by atoms with E-state index < -0.39 is 0 Å². The van der Waals surface area contributed by atoms with Crippen LogP contribution in [-0.2, 0) is 4.79 Å². The van der Waals surface area contributed by atoms with Crippen LogP contribution in [0.25, 0.3) is 0 Å². The summed E-state index contributed by atoms with van der Waals surface area (Å²) in [6.07, 6.45) is 12.0. The molecule has 2 nitrogen and oxygen atoms in total. The van der Waals surface area contributed by atoms with Crippen molar-refractivity contribution in [3.05, 3.63) is 12.2 Å². The molecular weight excluding hydrogens is 260 g/mol. The normalized spacial score (nSPS) is 55.8. The van der Waals surface area contributed by atoms with E-state index in [0.29, 0.717) is 29.0 Å². The van der Waals surface area contributed by atoms with E-state index in [1.807, 2.05) is 6.08 Å². The number of carbonyl (C=O) groups excluding carboxylic acids is 1. The van der Waals surface area contributed by atoms with Crippen LogP contribution in [0.1, 0.15) is 58.8 Å². The highest BCUT2D eigenvalue weighted by atomic mass is 16.3. The number of carbonyl (C=O) groups is 1. The van der Waals surface area contributed by atoms with Gasteiger partial charge in [0.15, 0.2) is 5.78 Å². The van der Waals surface area contributed by atoms with Gasteiger partial charge in [-0.1, -0.05) is 19.9 Å². The molecule has 2 heteroatoms. The van der Waals surface area contributed by atoms with Gasteiger partial charge in [-0.05, 0) is 80.1 Å². The van der Waals surface area contributed by atoms with E-state index in [1.165, 1.54) is 25.7 Å². The minimum absolute atomic E-state index is 0.0681. The summed E-state index contributed by atoms with van der Waals surface area (Å²) in [4.78, 5) is 12.3. The number of ketones is 1. The Morgan fingerprint density at radius 2 is 1.95 bits per heavy atom. The molecule has 0 aromatic rings. The Morgan fingerprint density at radius 1 is 1.14 bits per heavy atom. The molecule has 7 atom stereocenters. The molecule has 0 aliphatic heterocycles. The highest BCUT2D eigenvalue weighted by molar-refractivity contribution is 5.97. The van der Waals surface area contributed by atoms with Crippen molar-refractivity contribution < 1.29 is 9.90 Å². The average Bonchev–Trinajstić information content (AvgIpc) is 2.76. The fraction of sp³-hybridized carbons (Fsp3) is 0.842. The number of aliphatic hydroxyl groups excluding tert-OH is 1. The molecule has 0 saturated heterocycles. The van der Waals surface area contributed by atoms with Gasteiger partial charge >= 0.3 is 0 Å². The zero-order valence-electron chi connectivity index (χ0n) is 13.3. The number of aliphatic hydroxyl groups is 1. The Balaban J connectivity index is 1.65. The second-order valence-corrected chi connectivity index (χ2v) is 8.68. The predicted molar refractivity (Wildman–Crippen MR) is 82.6 cm³/mol. The second kappa shape index (κ2) is 4.44. The second-order valence-electron chi connectivity index (χ2n) is 8.68. The summed E-state index contributed by atoms with van der Waals surface area (Å²) >= 11 is 0. The molecule has 4 aliphatic rings. The molecule has 0 heterocycles. The van der Waals surface area contributed by atoms with E-state index in [0.717, 1.165) is 25.2 Å². The first kappa shape index (κ1) is 14.0. The first-order valence-corrected chi connectivity index (χ1v) is 8.86. The van der Waals surface area contributed by atoms with E-state index in [4.69, 9.17) is 0 Å². The molecule has 0 aromatic heterocycles. The van der Waals surface area contributed by atoms with Gasteiger partial charge in [0.1, 0.15) is 0 Å². The van der Waals surface area contributed by atoms with Crippen LogP contribution >= 0.6 is 0 Å². The maximum Gasteiger partial charge on any atom is 0.161 e. The molecule has 0 radical (unpaired) electrons. The third-order valence-electron chi connectivity index (χ3n) is 7.91. The van der Waals surface area contributed by atoms with Gasteiger partial charge in [0.2, 0.25) is 0 Å². The van der Waals surface area contributed by atoms with Crippen LogP contribution in [0.15, 0.2) is 12.2 Å². The minimum atomic E-state index is -0.0987. The molecule has 4 rings (SSSR count). The Morgan fingerprint density at radius 3 is 2.76 bits per heavy atom. The number of fused-ring (bicyclic) bond motifs is 5. The Hall–Kier alpha value is -0.630. The lowest BCUT2D eigenvalue weighted by atomic mass is 9.45. The average molecular weight is 288 g/mol. The minimum Gasteiger partial charge on any atom is -0.393 e.